The number of hydrogen-bond acceptors (Lipinski definition) is 2. The Hall–Kier alpha value is -2.47. The van der Waals surface area contributed by atoms with Gasteiger partial charge in [-0.1, -0.05) is 23.7 Å². The molecule has 1 N–H and O–H groups in total. The zero-order chi connectivity index (χ0) is 19.1. The third-order valence-corrected chi connectivity index (χ3v) is 4.13. The molecule has 2 aromatic carbocycles. The molecule has 0 atom stereocenters. The summed E-state index contributed by atoms with van der Waals surface area (Å²) in [7, 11) is 0. The molecule has 0 saturated carbocycles. The van der Waals surface area contributed by atoms with Crippen molar-refractivity contribution in [3.63, 3.8) is 0 Å². The van der Waals surface area contributed by atoms with E-state index in [1.807, 2.05) is 0 Å². The number of carbonyl (C=O) groups excluding carboxylic acids is 2. The molecule has 4 nitrogen and oxygen atoms in total. The van der Waals surface area contributed by atoms with Crippen molar-refractivity contribution in [2.75, 3.05) is 18.4 Å². The highest BCUT2D eigenvalue weighted by atomic mass is 35.5. The minimum Gasteiger partial charge on any atom is -0.342 e. The summed E-state index contributed by atoms with van der Waals surface area (Å²) in [6.07, 6.45) is 0.660. The van der Waals surface area contributed by atoms with E-state index in [9.17, 15) is 18.4 Å². The molecule has 2 amide bonds. The summed E-state index contributed by atoms with van der Waals surface area (Å²) < 4.78 is 26.0. The van der Waals surface area contributed by atoms with Crippen LogP contribution in [0.1, 0.15) is 18.9 Å². The fourth-order valence-corrected chi connectivity index (χ4v) is 2.56. The second-order valence-corrected chi connectivity index (χ2v) is 6.22. The van der Waals surface area contributed by atoms with E-state index in [-0.39, 0.29) is 35.6 Å². The number of benzene rings is 2. The molecule has 2 aromatic rings. The molecule has 7 heteroatoms. The molecule has 0 unspecified atom stereocenters. The van der Waals surface area contributed by atoms with Gasteiger partial charge in [0.05, 0.1) is 5.02 Å². The minimum atomic E-state index is -0.562. The van der Waals surface area contributed by atoms with Gasteiger partial charge in [-0.15, -0.1) is 0 Å². The summed E-state index contributed by atoms with van der Waals surface area (Å²) in [4.78, 5) is 25.3. The molecule has 0 saturated heterocycles. The number of amides is 2. The van der Waals surface area contributed by atoms with Crippen molar-refractivity contribution in [3.8, 4) is 0 Å². The average Bonchev–Trinajstić information content (AvgIpc) is 2.59. The number of hydrogen-bond donors (Lipinski definition) is 1. The predicted molar refractivity (Wildman–Crippen MR) is 97.0 cm³/mol. The van der Waals surface area contributed by atoms with Crippen LogP contribution in [0.4, 0.5) is 14.5 Å². The molecule has 0 aliphatic carbocycles. The van der Waals surface area contributed by atoms with Gasteiger partial charge in [-0.05, 0) is 42.3 Å². The van der Waals surface area contributed by atoms with Crippen LogP contribution in [0.5, 0.6) is 0 Å². The first-order chi connectivity index (χ1) is 12.3. The molecule has 0 fully saturated rings. The van der Waals surface area contributed by atoms with Gasteiger partial charge in [-0.25, -0.2) is 8.78 Å². The Kier molecular flexibility index (Phi) is 7.09. The van der Waals surface area contributed by atoms with Crippen LogP contribution in [0.3, 0.4) is 0 Å². The lowest BCUT2D eigenvalue weighted by atomic mass is 10.1. The smallest absolute Gasteiger partial charge is 0.226 e. The molecule has 138 valence electrons. The van der Waals surface area contributed by atoms with E-state index in [2.05, 4.69) is 5.32 Å². The minimum absolute atomic E-state index is 0.0764. The fourth-order valence-electron chi connectivity index (χ4n) is 2.38. The molecule has 0 aliphatic heterocycles. The van der Waals surface area contributed by atoms with E-state index in [1.54, 1.807) is 17.0 Å². The van der Waals surface area contributed by atoms with Gasteiger partial charge in [0.15, 0.2) is 0 Å². The van der Waals surface area contributed by atoms with Gasteiger partial charge in [0.2, 0.25) is 11.8 Å². The van der Waals surface area contributed by atoms with E-state index in [1.165, 1.54) is 37.3 Å². The van der Waals surface area contributed by atoms with Crippen molar-refractivity contribution in [2.45, 2.75) is 19.8 Å². The normalized spacial score (nSPS) is 10.5. The van der Waals surface area contributed by atoms with Gasteiger partial charge in [0, 0.05) is 32.1 Å². The average molecular weight is 381 g/mol. The Morgan fingerprint density at radius 3 is 2.38 bits per heavy atom. The molecular weight excluding hydrogens is 362 g/mol. The van der Waals surface area contributed by atoms with Crippen LogP contribution in [0.2, 0.25) is 5.02 Å². The van der Waals surface area contributed by atoms with Crippen LogP contribution in [0.25, 0.3) is 0 Å². The van der Waals surface area contributed by atoms with Crippen molar-refractivity contribution < 1.29 is 18.4 Å². The summed E-state index contributed by atoms with van der Waals surface area (Å²) in [5.74, 6) is -1.33. The topological polar surface area (TPSA) is 49.4 Å². The van der Waals surface area contributed by atoms with E-state index in [4.69, 9.17) is 11.6 Å². The van der Waals surface area contributed by atoms with Crippen LogP contribution in [0, 0.1) is 11.6 Å². The first kappa shape index (κ1) is 19.8. The van der Waals surface area contributed by atoms with Crippen LogP contribution in [0.15, 0.2) is 42.5 Å². The van der Waals surface area contributed by atoms with E-state index < -0.39 is 5.82 Å². The Balaban J connectivity index is 1.84. The molecule has 0 radical (unpaired) electrons. The van der Waals surface area contributed by atoms with Crippen LogP contribution in [-0.2, 0) is 16.0 Å². The lowest BCUT2D eigenvalue weighted by Gasteiger charge is -2.21. The zero-order valence-corrected chi connectivity index (χ0v) is 15.0. The molecule has 0 aromatic heterocycles. The summed E-state index contributed by atoms with van der Waals surface area (Å²) >= 11 is 5.67. The molecule has 0 heterocycles. The highest BCUT2D eigenvalue weighted by Crippen LogP contribution is 2.19. The Morgan fingerprint density at radius 1 is 1.08 bits per heavy atom. The SMILES string of the molecule is CC(=O)N(CCC(=O)Nc1ccc(F)c(Cl)c1)CCc1ccc(F)cc1. The van der Waals surface area contributed by atoms with Gasteiger partial charge in [-0.2, -0.15) is 0 Å². The Morgan fingerprint density at radius 2 is 1.77 bits per heavy atom. The summed E-state index contributed by atoms with van der Waals surface area (Å²) in [5.41, 5.74) is 1.30. The molecule has 0 bridgehead atoms. The van der Waals surface area contributed by atoms with Crippen LogP contribution in [-0.4, -0.2) is 29.8 Å². The maximum atomic E-state index is 13.1. The van der Waals surface area contributed by atoms with Crippen molar-refractivity contribution in [1.82, 2.24) is 4.90 Å². The highest BCUT2D eigenvalue weighted by molar-refractivity contribution is 6.31. The summed E-state index contributed by atoms with van der Waals surface area (Å²) in [6.45, 7) is 2.11. The van der Waals surface area contributed by atoms with Crippen molar-refractivity contribution in [1.29, 1.82) is 0 Å². The van der Waals surface area contributed by atoms with Gasteiger partial charge in [0.1, 0.15) is 11.6 Å². The summed E-state index contributed by atoms with van der Waals surface area (Å²) in [5, 5.41) is 2.54. The lowest BCUT2D eigenvalue weighted by Crippen LogP contribution is -2.33. The number of rotatable bonds is 7. The van der Waals surface area contributed by atoms with Gasteiger partial charge < -0.3 is 10.2 Å². The lowest BCUT2D eigenvalue weighted by molar-refractivity contribution is -0.129. The molecular formula is C19H19ClF2N2O2. The van der Waals surface area contributed by atoms with Crippen molar-refractivity contribution in [3.05, 3.63) is 64.7 Å². The molecule has 2 rings (SSSR count). The largest absolute Gasteiger partial charge is 0.342 e. The zero-order valence-electron chi connectivity index (χ0n) is 14.3. The summed E-state index contributed by atoms with van der Waals surface area (Å²) in [6, 6.07) is 9.98. The molecule has 0 aliphatic rings. The maximum Gasteiger partial charge on any atom is 0.226 e. The molecule has 26 heavy (non-hydrogen) atoms. The van der Waals surface area contributed by atoms with Crippen LogP contribution >= 0.6 is 11.6 Å². The number of anilines is 1. The van der Waals surface area contributed by atoms with Gasteiger partial charge in [-0.3, -0.25) is 9.59 Å². The standard InChI is InChI=1S/C19H19ClF2N2O2/c1-13(25)24(10-8-14-2-4-15(21)5-3-14)11-9-19(26)23-16-6-7-18(22)17(20)12-16/h2-7,12H,8-11H2,1H3,(H,23,26). The second kappa shape index (κ2) is 9.29. The number of halogens is 3. The number of carbonyl (C=O) groups is 2. The number of nitrogens with one attached hydrogen (secondary N) is 1. The molecule has 0 spiro atoms. The van der Waals surface area contributed by atoms with Gasteiger partial charge in [0.25, 0.3) is 0 Å². The van der Waals surface area contributed by atoms with E-state index >= 15 is 0 Å². The fraction of sp³-hybridized carbons (Fsp3) is 0.263. The van der Waals surface area contributed by atoms with E-state index in [0.29, 0.717) is 18.7 Å². The van der Waals surface area contributed by atoms with Crippen molar-refractivity contribution in [2.24, 2.45) is 0 Å². The predicted octanol–water partition coefficient (Wildman–Crippen LogP) is 4.04. The second-order valence-electron chi connectivity index (χ2n) is 5.81. The first-order valence-electron chi connectivity index (χ1n) is 8.10. The van der Waals surface area contributed by atoms with Crippen molar-refractivity contribution >= 4 is 29.1 Å². The third kappa shape index (κ3) is 6.11. The number of nitrogens with zero attached hydrogens (tertiary/aromatic N) is 1. The van der Waals surface area contributed by atoms with Crippen LogP contribution < -0.4 is 5.32 Å². The van der Waals surface area contributed by atoms with E-state index in [0.717, 1.165) is 5.56 Å². The maximum absolute atomic E-state index is 13.1. The first-order valence-corrected chi connectivity index (χ1v) is 8.48. The Labute approximate surface area is 155 Å². The highest BCUT2D eigenvalue weighted by Gasteiger charge is 2.12. The third-order valence-electron chi connectivity index (χ3n) is 3.84. The van der Waals surface area contributed by atoms with Gasteiger partial charge >= 0.3 is 0 Å². The monoisotopic (exact) mass is 380 g/mol. The quantitative estimate of drug-likeness (QED) is 0.788. The Bertz CT molecular complexity index is 782.